The third-order valence-electron chi connectivity index (χ3n) is 2.04. The second-order valence-corrected chi connectivity index (χ2v) is 3.48. The van der Waals surface area contributed by atoms with Gasteiger partial charge in [0.15, 0.2) is 0 Å². The summed E-state index contributed by atoms with van der Waals surface area (Å²) in [5.41, 5.74) is 6.05. The zero-order chi connectivity index (χ0) is 11.4. The Hall–Kier alpha value is -1.26. The van der Waals surface area contributed by atoms with Gasteiger partial charge in [0, 0.05) is 17.0 Å². The quantitative estimate of drug-likeness (QED) is 0.817. The number of hydrogen-bond acceptors (Lipinski definition) is 3. The predicted molar refractivity (Wildman–Crippen MR) is 57.3 cm³/mol. The normalized spacial score (nSPS) is 12.2. The van der Waals surface area contributed by atoms with Crippen LogP contribution in [-0.4, -0.2) is 24.2 Å². The summed E-state index contributed by atoms with van der Waals surface area (Å²) in [5.74, 6) is -0.504. The highest BCUT2D eigenvalue weighted by atomic mass is 35.5. The van der Waals surface area contributed by atoms with Gasteiger partial charge in [0.1, 0.15) is 11.8 Å². The SMILES string of the molecule is COc1cccc(Cl)c1C[C@@H](N)C(=O)O. The fraction of sp³-hybridized carbons (Fsp3) is 0.300. The van der Waals surface area contributed by atoms with Gasteiger partial charge in [-0.25, -0.2) is 0 Å². The maximum Gasteiger partial charge on any atom is 0.320 e. The third-order valence-corrected chi connectivity index (χ3v) is 2.39. The van der Waals surface area contributed by atoms with Gasteiger partial charge in [0.05, 0.1) is 7.11 Å². The first kappa shape index (κ1) is 11.8. The number of benzene rings is 1. The standard InChI is InChI=1S/C10H12ClNO3/c1-15-9-4-2-3-7(11)6(9)5-8(12)10(13)14/h2-4,8H,5,12H2,1H3,(H,13,14)/t8-/m1/s1. The van der Waals surface area contributed by atoms with E-state index < -0.39 is 12.0 Å². The number of hydrogen-bond donors (Lipinski definition) is 2. The van der Waals surface area contributed by atoms with Gasteiger partial charge in [-0.15, -0.1) is 0 Å². The Morgan fingerprint density at radius 2 is 2.33 bits per heavy atom. The van der Waals surface area contributed by atoms with Crippen LogP contribution in [0.1, 0.15) is 5.56 Å². The van der Waals surface area contributed by atoms with Crippen LogP contribution in [0.2, 0.25) is 5.02 Å². The van der Waals surface area contributed by atoms with Gasteiger partial charge in [-0.2, -0.15) is 0 Å². The molecule has 82 valence electrons. The Bertz CT molecular complexity index is 368. The van der Waals surface area contributed by atoms with Crippen molar-refractivity contribution in [2.75, 3.05) is 7.11 Å². The summed E-state index contributed by atoms with van der Waals surface area (Å²) in [6, 6.07) is 4.15. The molecule has 0 unspecified atom stereocenters. The molecule has 5 heteroatoms. The molecule has 0 radical (unpaired) electrons. The molecule has 0 spiro atoms. The first-order chi connectivity index (χ1) is 7.06. The van der Waals surface area contributed by atoms with Gasteiger partial charge >= 0.3 is 5.97 Å². The number of nitrogens with two attached hydrogens (primary N) is 1. The lowest BCUT2D eigenvalue weighted by Gasteiger charge is -2.12. The smallest absolute Gasteiger partial charge is 0.320 e. The second-order valence-electron chi connectivity index (χ2n) is 3.07. The summed E-state index contributed by atoms with van der Waals surface area (Å²) in [6.45, 7) is 0. The Balaban J connectivity index is 2.97. The van der Waals surface area contributed by atoms with Crippen LogP contribution < -0.4 is 10.5 Å². The van der Waals surface area contributed by atoms with E-state index in [1.807, 2.05) is 0 Å². The largest absolute Gasteiger partial charge is 0.496 e. The maximum atomic E-state index is 10.6. The van der Waals surface area contributed by atoms with Crippen LogP contribution in [0.4, 0.5) is 0 Å². The number of methoxy groups -OCH3 is 1. The Morgan fingerprint density at radius 1 is 1.67 bits per heavy atom. The molecule has 0 heterocycles. The molecule has 0 aliphatic heterocycles. The fourth-order valence-electron chi connectivity index (χ4n) is 1.24. The first-order valence-electron chi connectivity index (χ1n) is 4.36. The van der Waals surface area contributed by atoms with Crippen molar-refractivity contribution in [3.63, 3.8) is 0 Å². The molecular formula is C10H12ClNO3. The van der Waals surface area contributed by atoms with Crippen molar-refractivity contribution < 1.29 is 14.6 Å². The highest BCUT2D eigenvalue weighted by molar-refractivity contribution is 6.31. The summed E-state index contributed by atoms with van der Waals surface area (Å²) in [4.78, 5) is 10.6. The van der Waals surface area contributed by atoms with Crippen LogP contribution in [0.25, 0.3) is 0 Å². The average molecular weight is 230 g/mol. The van der Waals surface area contributed by atoms with E-state index in [1.54, 1.807) is 18.2 Å². The van der Waals surface area contributed by atoms with E-state index in [0.29, 0.717) is 16.3 Å². The number of carboxylic acid groups (broad SMARTS) is 1. The highest BCUT2D eigenvalue weighted by Gasteiger charge is 2.17. The van der Waals surface area contributed by atoms with Gasteiger partial charge in [0.25, 0.3) is 0 Å². The van der Waals surface area contributed by atoms with E-state index in [4.69, 9.17) is 27.2 Å². The van der Waals surface area contributed by atoms with Gasteiger partial charge in [0.2, 0.25) is 0 Å². The van der Waals surface area contributed by atoms with Crippen molar-refractivity contribution in [3.05, 3.63) is 28.8 Å². The van der Waals surface area contributed by atoms with Crippen molar-refractivity contribution in [1.29, 1.82) is 0 Å². The summed E-state index contributed by atoms with van der Waals surface area (Å²) in [5, 5.41) is 9.15. The molecule has 1 rings (SSSR count). The molecule has 1 atom stereocenters. The molecule has 0 saturated heterocycles. The number of rotatable bonds is 4. The lowest BCUT2D eigenvalue weighted by atomic mass is 10.1. The number of halogens is 1. The number of carbonyl (C=O) groups is 1. The molecule has 1 aromatic carbocycles. The van der Waals surface area contributed by atoms with Gasteiger partial charge < -0.3 is 15.6 Å². The average Bonchev–Trinajstić information content (AvgIpc) is 2.20. The minimum atomic E-state index is -1.06. The zero-order valence-electron chi connectivity index (χ0n) is 8.24. The topological polar surface area (TPSA) is 72.5 Å². The van der Waals surface area contributed by atoms with Crippen LogP contribution in [0.15, 0.2) is 18.2 Å². The van der Waals surface area contributed by atoms with Crippen LogP contribution in [0.5, 0.6) is 5.75 Å². The molecule has 0 saturated carbocycles. The molecule has 0 bridgehead atoms. The molecular weight excluding hydrogens is 218 g/mol. The molecule has 0 aliphatic carbocycles. The van der Waals surface area contributed by atoms with Gasteiger partial charge in [-0.1, -0.05) is 17.7 Å². The number of ether oxygens (including phenoxy) is 1. The van der Waals surface area contributed by atoms with Crippen molar-refractivity contribution in [3.8, 4) is 5.75 Å². The summed E-state index contributed by atoms with van der Waals surface area (Å²) in [6.07, 6.45) is 0.151. The van der Waals surface area contributed by atoms with E-state index in [1.165, 1.54) is 7.11 Å². The van der Waals surface area contributed by atoms with Crippen LogP contribution in [-0.2, 0) is 11.2 Å². The molecule has 15 heavy (non-hydrogen) atoms. The summed E-state index contributed by atoms with van der Waals surface area (Å²) >= 11 is 5.93. The molecule has 0 aromatic heterocycles. The summed E-state index contributed by atoms with van der Waals surface area (Å²) in [7, 11) is 1.50. The monoisotopic (exact) mass is 229 g/mol. The number of carboxylic acids is 1. The van der Waals surface area contributed by atoms with E-state index in [2.05, 4.69) is 0 Å². The Labute approximate surface area is 92.6 Å². The summed E-state index contributed by atoms with van der Waals surface area (Å²) < 4.78 is 5.07. The minimum absolute atomic E-state index is 0.151. The van der Waals surface area contributed by atoms with Crippen LogP contribution in [0, 0.1) is 0 Å². The van der Waals surface area contributed by atoms with Crippen LogP contribution in [0.3, 0.4) is 0 Å². The van der Waals surface area contributed by atoms with Crippen molar-refractivity contribution in [2.45, 2.75) is 12.5 Å². The lowest BCUT2D eigenvalue weighted by Crippen LogP contribution is -2.32. The maximum absolute atomic E-state index is 10.6. The van der Waals surface area contributed by atoms with E-state index in [-0.39, 0.29) is 6.42 Å². The number of aliphatic carboxylic acids is 1. The van der Waals surface area contributed by atoms with E-state index in [9.17, 15) is 4.79 Å². The first-order valence-corrected chi connectivity index (χ1v) is 4.73. The molecule has 1 aromatic rings. The van der Waals surface area contributed by atoms with Crippen molar-refractivity contribution in [2.24, 2.45) is 5.73 Å². The molecule has 0 aliphatic rings. The second kappa shape index (κ2) is 5.00. The molecule has 0 fully saturated rings. The van der Waals surface area contributed by atoms with Gasteiger partial charge in [-0.3, -0.25) is 4.79 Å². The Morgan fingerprint density at radius 3 is 2.87 bits per heavy atom. The van der Waals surface area contributed by atoms with Gasteiger partial charge in [-0.05, 0) is 12.1 Å². The highest BCUT2D eigenvalue weighted by Crippen LogP contribution is 2.27. The molecule has 0 amide bonds. The fourth-order valence-corrected chi connectivity index (χ4v) is 1.48. The predicted octanol–water partition coefficient (Wildman–Crippen LogP) is 1.30. The zero-order valence-corrected chi connectivity index (χ0v) is 8.99. The van der Waals surface area contributed by atoms with E-state index in [0.717, 1.165) is 0 Å². The van der Waals surface area contributed by atoms with Crippen molar-refractivity contribution in [1.82, 2.24) is 0 Å². The van der Waals surface area contributed by atoms with E-state index >= 15 is 0 Å². The molecule has 3 N–H and O–H groups in total. The van der Waals surface area contributed by atoms with Crippen LogP contribution >= 0.6 is 11.6 Å². The third kappa shape index (κ3) is 2.84. The lowest BCUT2D eigenvalue weighted by molar-refractivity contribution is -0.138. The minimum Gasteiger partial charge on any atom is -0.496 e. The Kier molecular flexibility index (Phi) is 3.94. The molecule has 4 nitrogen and oxygen atoms in total. The van der Waals surface area contributed by atoms with Crippen molar-refractivity contribution >= 4 is 17.6 Å².